The molecule has 0 fully saturated rings. The Bertz CT molecular complexity index is 611. The summed E-state index contributed by atoms with van der Waals surface area (Å²) in [6.07, 6.45) is 0. The number of aryl methyl sites for hydroxylation is 1. The third kappa shape index (κ3) is 2.28. The molecule has 0 bridgehead atoms. The highest BCUT2D eigenvalue weighted by atomic mass is 32.2. The van der Waals surface area contributed by atoms with Gasteiger partial charge in [0, 0.05) is 28.2 Å². The zero-order valence-corrected chi connectivity index (χ0v) is 11.6. The van der Waals surface area contributed by atoms with Crippen LogP contribution in [0, 0.1) is 12.7 Å². The third-order valence-electron chi connectivity index (χ3n) is 3.68. The van der Waals surface area contributed by atoms with Crippen molar-refractivity contribution in [2.24, 2.45) is 5.73 Å². The van der Waals surface area contributed by atoms with E-state index < -0.39 is 0 Å². The van der Waals surface area contributed by atoms with Crippen molar-refractivity contribution in [1.82, 2.24) is 0 Å². The van der Waals surface area contributed by atoms with Crippen LogP contribution in [0.5, 0.6) is 0 Å². The number of fused-ring (bicyclic) bond motifs is 1. The zero-order valence-electron chi connectivity index (χ0n) is 10.8. The third-order valence-corrected chi connectivity index (χ3v) is 4.89. The number of hydrogen-bond acceptors (Lipinski definition) is 2. The molecule has 3 heteroatoms. The van der Waals surface area contributed by atoms with Crippen molar-refractivity contribution in [2.45, 2.75) is 23.8 Å². The first-order valence-electron chi connectivity index (χ1n) is 6.40. The lowest BCUT2D eigenvalue weighted by Crippen LogP contribution is -2.21. The quantitative estimate of drug-likeness (QED) is 0.894. The van der Waals surface area contributed by atoms with Crippen molar-refractivity contribution in [2.75, 3.05) is 5.75 Å². The van der Waals surface area contributed by atoms with E-state index in [-0.39, 0.29) is 17.8 Å². The van der Waals surface area contributed by atoms with Crippen LogP contribution in [0.15, 0.2) is 47.4 Å². The fraction of sp³-hybridized carbons (Fsp3) is 0.250. The summed E-state index contributed by atoms with van der Waals surface area (Å²) in [7, 11) is 0. The van der Waals surface area contributed by atoms with E-state index in [1.807, 2.05) is 25.1 Å². The van der Waals surface area contributed by atoms with Gasteiger partial charge in [0.25, 0.3) is 0 Å². The monoisotopic (exact) mass is 273 g/mol. The van der Waals surface area contributed by atoms with Gasteiger partial charge in [-0.2, -0.15) is 0 Å². The van der Waals surface area contributed by atoms with Crippen molar-refractivity contribution in [3.05, 3.63) is 65.0 Å². The molecule has 2 aromatic carbocycles. The summed E-state index contributed by atoms with van der Waals surface area (Å²) >= 11 is 1.81. The fourth-order valence-electron chi connectivity index (χ4n) is 2.62. The van der Waals surface area contributed by atoms with Gasteiger partial charge in [0.1, 0.15) is 5.82 Å². The van der Waals surface area contributed by atoms with Gasteiger partial charge < -0.3 is 5.73 Å². The molecule has 1 nitrogen and oxygen atoms in total. The van der Waals surface area contributed by atoms with Crippen molar-refractivity contribution in [1.29, 1.82) is 0 Å². The number of nitrogens with two attached hydrogens (primary N) is 1. The van der Waals surface area contributed by atoms with E-state index in [1.54, 1.807) is 17.8 Å². The molecule has 0 spiro atoms. The van der Waals surface area contributed by atoms with Crippen LogP contribution in [0.1, 0.15) is 28.7 Å². The maximum absolute atomic E-state index is 14.0. The van der Waals surface area contributed by atoms with Gasteiger partial charge in [-0.1, -0.05) is 35.9 Å². The van der Waals surface area contributed by atoms with Gasteiger partial charge in [-0.05, 0) is 24.6 Å². The molecular weight excluding hydrogens is 257 g/mol. The van der Waals surface area contributed by atoms with E-state index >= 15 is 0 Å². The zero-order chi connectivity index (χ0) is 13.4. The van der Waals surface area contributed by atoms with E-state index in [1.165, 1.54) is 16.5 Å². The van der Waals surface area contributed by atoms with Gasteiger partial charge in [-0.25, -0.2) is 4.39 Å². The maximum atomic E-state index is 14.0. The Morgan fingerprint density at radius 1 is 1.26 bits per heavy atom. The van der Waals surface area contributed by atoms with Gasteiger partial charge in [0.15, 0.2) is 0 Å². The number of hydrogen-bond donors (Lipinski definition) is 1. The summed E-state index contributed by atoms with van der Waals surface area (Å²) in [5, 5.41) is 0. The van der Waals surface area contributed by atoms with Crippen LogP contribution >= 0.6 is 11.8 Å². The highest BCUT2D eigenvalue weighted by Crippen LogP contribution is 2.44. The average Bonchev–Trinajstić information content (AvgIpc) is 2.84. The Morgan fingerprint density at radius 2 is 2.05 bits per heavy atom. The van der Waals surface area contributed by atoms with Crippen LogP contribution < -0.4 is 5.73 Å². The topological polar surface area (TPSA) is 26.0 Å². The molecule has 3 rings (SSSR count). The molecule has 0 saturated heterocycles. The van der Waals surface area contributed by atoms with Crippen LogP contribution in [-0.2, 0) is 0 Å². The predicted octanol–water partition coefficient (Wildman–Crippen LogP) is 4.02. The van der Waals surface area contributed by atoms with Gasteiger partial charge >= 0.3 is 0 Å². The van der Waals surface area contributed by atoms with Crippen molar-refractivity contribution in [3.63, 3.8) is 0 Å². The number of thioether (sulfide) groups is 1. The molecule has 0 saturated carbocycles. The normalized spacial score (nSPS) is 19.2. The lowest BCUT2D eigenvalue weighted by molar-refractivity contribution is 0.543. The summed E-state index contributed by atoms with van der Waals surface area (Å²) in [5.41, 5.74) is 9.26. The number of benzene rings is 2. The SMILES string of the molecule is Cc1ccc(F)c(C(N)C2CSc3ccccc32)c1. The summed E-state index contributed by atoms with van der Waals surface area (Å²) < 4.78 is 14.0. The van der Waals surface area contributed by atoms with Gasteiger partial charge in [0.05, 0.1) is 0 Å². The average molecular weight is 273 g/mol. The molecule has 2 atom stereocenters. The Labute approximate surface area is 117 Å². The Balaban J connectivity index is 1.97. The van der Waals surface area contributed by atoms with Crippen LogP contribution in [0.4, 0.5) is 4.39 Å². The fourth-order valence-corrected chi connectivity index (χ4v) is 3.93. The number of rotatable bonds is 2. The Hall–Kier alpha value is -1.32. The predicted molar refractivity (Wildman–Crippen MR) is 78.0 cm³/mol. The van der Waals surface area contributed by atoms with Gasteiger partial charge in [-0.15, -0.1) is 11.8 Å². The molecule has 0 aliphatic carbocycles. The molecule has 1 heterocycles. The Kier molecular flexibility index (Phi) is 3.33. The van der Waals surface area contributed by atoms with E-state index in [9.17, 15) is 4.39 Å². The summed E-state index contributed by atoms with van der Waals surface area (Å²) in [5.74, 6) is 0.915. The van der Waals surface area contributed by atoms with Crippen LogP contribution in [0.3, 0.4) is 0 Å². The first kappa shape index (κ1) is 12.7. The lowest BCUT2D eigenvalue weighted by Gasteiger charge is -2.21. The van der Waals surface area contributed by atoms with E-state index in [2.05, 4.69) is 12.1 Å². The van der Waals surface area contributed by atoms with Crippen LogP contribution in [-0.4, -0.2) is 5.75 Å². The second-order valence-corrected chi connectivity index (χ2v) is 6.07. The Morgan fingerprint density at radius 3 is 2.89 bits per heavy atom. The second kappa shape index (κ2) is 4.99. The summed E-state index contributed by atoms with van der Waals surface area (Å²) in [4.78, 5) is 1.27. The lowest BCUT2D eigenvalue weighted by atomic mass is 9.88. The van der Waals surface area contributed by atoms with Crippen LogP contribution in [0.25, 0.3) is 0 Å². The van der Waals surface area contributed by atoms with Gasteiger partial charge in [-0.3, -0.25) is 0 Å². The molecule has 2 unspecified atom stereocenters. The number of halogens is 1. The molecule has 0 amide bonds. The van der Waals surface area contributed by atoms with Crippen molar-refractivity contribution >= 4 is 11.8 Å². The minimum atomic E-state index is -0.281. The minimum Gasteiger partial charge on any atom is -0.323 e. The first-order valence-corrected chi connectivity index (χ1v) is 7.39. The molecule has 19 heavy (non-hydrogen) atoms. The van der Waals surface area contributed by atoms with E-state index in [0.717, 1.165) is 11.3 Å². The summed E-state index contributed by atoms with van der Waals surface area (Å²) in [6, 6.07) is 13.2. The highest BCUT2D eigenvalue weighted by molar-refractivity contribution is 7.99. The standard InChI is InChI=1S/C16H16FNS/c1-10-6-7-14(17)12(8-10)16(18)13-9-19-15-5-3-2-4-11(13)15/h2-8,13,16H,9,18H2,1H3. The van der Waals surface area contributed by atoms with Crippen molar-refractivity contribution < 1.29 is 4.39 Å². The minimum absolute atomic E-state index is 0.192. The molecular formula is C16H16FNS. The smallest absolute Gasteiger partial charge is 0.128 e. The largest absolute Gasteiger partial charge is 0.323 e. The molecule has 0 radical (unpaired) electrons. The van der Waals surface area contributed by atoms with Gasteiger partial charge in [0.2, 0.25) is 0 Å². The van der Waals surface area contributed by atoms with E-state index in [4.69, 9.17) is 5.73 Å². The molecule has 2 N–H and O–H groups in total. The van der Waals surface area contributed by atoms with Crippen molar-refractivity contribution in [3.8, 4) is 0 Å². The molecule has 1 aliphatic heterocycles. The maximum Gasteiger partial charge on any atom is 0.128 e. The molecule has 1 aliphatic rings. The second-order valence-electron chi connectivity index (χ2n) is 5.01. The van der Waals surface area contributed by atoms with E-state index in [0.29, 0.717) is 5.56 Å². The first-order chi connectivity index (χ1) is 9.16. The van der Waals surface area contributed by atoms with Crippen LogP contribution in [0.2, 0.25) is 0 Å². The molecule has 0 aromatic heterocycles. The molecule has 2 aromatic rings. The highest BCUT2D eigenvalue weighted by Gasteiger charge is 2.30. The summed E-state index contributed by atoms with van der Waals surface area (Å²) in [6.45, 7) is 1.97. The molecule has 98 valence electrons.